The second-order valence-corrected chi connectivity index (χ2v) is 15.4. The van der Waals surface area contributed by atoms with Gasteiger partial charge in [-0.15, -0.1) is 0 Å². The summed E-state index contributed by atoms with van der Waals surface area (Å²) in [4.78, 5) is 48.3. The number of esters is 1. The molecule has 38 heavy (non-hydrogen) atoms. The van der Waals surface area contributed by atoms with E-state index in [1.54, 1.807) is 13.0 Å². The SMILES string of the molecule is CCOC(=O)c1cn(CCCC(C)(C)[Si](C)(C)O)c2c([N+](=O)[O-])cc(Cc3cccc(Cl)c3F)cc2c1=O. The minimum atomic E-state index is -2.49. The first kappa shape index (κ1) is 29.5. The third kappa shape index (κ3) is 6.14. The molecule has 3 rings (SSSR count). The summed E-state index contributed by atoms with van der Waals surface area (Å²) < 4.78 is 21.2. The average molecular weight is 563 g/mol. The zero-order chi connectivity index (χ0) is 28.4. The van der Waals surface area contributed by atoms with Crippen molar-refractivity contribution in [3.8, 4) is 0 Å². The smallest absolute Gasteiger partial charge is 0.343 e. The molecule has 0 fully saturated rings. The zero-order valence-corrected chi connectivity index (χ0v) is 23.9. The predicted octanol–water partition coefficient (Wildman–Crippen LogP) is 6.23. The predicted molar refractivity (Wildman–Crippen MR) is 148 cm³/mol. The van der Waals surface area contributed by atoms with E-state index in [9.17, 15) is 28.9 Å². The van der Waals surface area contributed by atoms with Gasteiger partial charge in [0.25, 0.3) is 5.69 Å². The van der Waals surface area contributed by atoms with Crippen molar-refractivity contribution < 1.29 is 23.6 Å². The van der Waals surface area contributed by atoms with E-state index in [4.69, 9.17) is 16.3 Å². The first-order valence-corrected chi connectivity index (χ1v) is 15.7. The standard InChI is InChI=1S/C27H32ClFN2O6Si/c1-6-37-26(33)20-16-30(12-8-11-27(2,3)38(4,5)36)24-19(25(20)32)14-17(15-22(24)31(34)35)13-18-9-7-10-21(28)23(18)29/h7,9-10,14-16,36H,6,8,11-13H2,1-5H3. The van der Waals surface area contributed by atoms with Crippen LogP contribution in [0.2, 0.25) is 23.2 Å². The van der Waals surface area contributed by atoms with E-state index in [0.717, 1.165) is 0 Å². The van der Waals surface area contributed by atoms with Crippen LogP contribution in [0.3, 0.4) is 0 Å². The Balaban J connectivity index is 2.20. The Kier molecular flexibility index (Phi) is 8.80. The molecule has 1 aromatic heterocycles. The molecule has 0 amide bonds. The molecule has 0 spiro atoms. The molecule has 0 bridgehead atoms. The number of nitrogens with zero attached hydrogens (tertiary/aromatic N) is 2. The lowest BCUT2D eigenvalue weighted by Crippen LogP contribution is -2.39. The van der Waals surface area contributed by atoms with Gasteiger partial charge in [0.05, 0.1) is 21.9 Å². The number of aromatic nitrogens is 1. The minimum absolute atomic E-state index is 0.0293. The van der Waals surface area contributed by atoms with Crippen LogP contribution in [0, 0.1) is 15.9 Å². The van der Waals surface area contributed by atoms with E-state index >= 15 is 0 Å². The van der Waals surface area contributed by atoms with E-state index in [-0.39, 0.29) is 57.4 Å². The highest BCUT2D eigenvalue weighted by atomic mass is 35.5. The maximum atomic E-state index is 14.6. The van der Waals surface area contributed by atoms with E-state index in [2.05, 4.69) is 0 Å². The first-order valence-electron chi connectivity index (χ1n) is 12.3. The molecule has 8 nitrogen and oxygen atoms in total. The fraction of sp³-hybridized carbons (Fsp3) is 0.407. The molecule has 11 heteroatoms. The van der Waals surface area contributed by atoms with Crippen LogP contribution in [0.1, 0.15) is 55.1 Å². The molecule has 0 aliphatic rings. The highest BCUT2D eigenvalue weighted by Gasteiger charge is 2.37. The number of nitro benzene ring substituents is 1. The van der Waals surface area contributed by atoms with Gasteiger partial charge in [-0.05, 0) is 61.2 Å². The summed E-state index contributed by atoms with van der Waals surface area (Å²) in [6, 6.07) is 7.25. The van der Waals surface area contributed by atoms with Crippen molar-refractivity contribution in [2.24, 2.45) is 0 Å². The summed E-state index contributed by atoms with van der Waals surface area (Å²) in [5.41, 5.74) is -0.660. The molecule has 1 heterocycles. The molecular weight excluding hydrogens is 531 g/mol. The minimum Gasteiger partial charge on any atom is -0.462 e. The summed E-state index contributed by atoms with van der Waals surface area (Å²) in [7, 11) is -2.49. The van der Waals surface area contributed by atoms with Gasteiger partial charge in [-0.25, -0.2) is 9.18 Å². The molecule has 3 aromatic rings. The number of non-ortho nitro benzene ring substituents is 1. The maximum absolute atomic E-state index is 14.6. The van der Waals surface area contributed by atoms with Crippen molar-refractivity contribution in [3.63, 3.8) is 0 Å². The Morgan fingerprint density at radius 2 is 1.97 bits per heavy atom. The molecule has 0 aliphatic carbocycles. The Morgan fingerprint density at radius 1 is 1.29 bits per heavy atom. The van der Waals surface area contributed by atoms with Crippen molar-refractivity contribution in [1.29, 1.82) is 0 Å². The lowest BCUT2D eigenvalue weighted by molar-refractivity contribution is -0.383. The lowest BCUT2D eigenvalue weighted by atomic mass is 10.00. The molecule has 0 atom stereocenters. The molecular formula is C27H32ClFN2O6Si. The number of hydrogen-bond acceptors (Lipinski definition) is 6. The fourth-order valence-corrected chi connectivity index (χ4v) is 5.23. The van der Waals surface area contributed by atoms with E-state index in [0.29, 0.717) is 18.4 Å². The second-order valence-electron chi connectivity index (χ2n) is 10.5. The molecule has 2 aromatic carbocycles. The topological polar surface area (TPSA) is 112 Å². The van der Waals surface area contributed by atoms with Gasteiger partial charge in [0.1, 0.15) is 16.9 Å². The Morgan fingerprint density at radius 3 is 2.58 bits per heavy atom. The lowest BCUT2D eigenvalue weighted by Gasteiger charge is -2.35. The molecule has 0 unspecified atom stereocenters. The van der Waals surface area contributed by atoms with Crippen molar-refractivity contribution in [1.82, 2.24) is 4.57 Å². The largest absolute Gasteiger partial charge is 0.462 e. The number of aryl methyl sites for hydroxylation is 1. The molecule has 1 N–H and O–H groups in total. The summed E-state index contributed by atoms with van der Waals surface area (Å²) >= 11 is 5.90. The van der Waals surface area contributed by atoms with Crippen LogP contribution in [-0.2, 0) is 17.7 Å². The van der Waals surface area contributed by atoms with Gasteiger partial charge in [0.15, 0.2) is 8.32 Å². The zero-order valence-electron chi connectivity index (χ0n) is 22.1. The number of benzene rings is 2. The number of nitro groups is 1. The number of fused-ring (bicyclic) bond motifs is 1. The molecule has 204 valence electrons. The fourth-order valence-electron chi connectivity index (χ4n) is 4.25. The van der Waals surface area contributed by atoms with Crippen LogP contribution in [0.15, 0.2) is 41.3 Å². The molecule has 0 radical (unpaired) electrons. The van der Waals surface area contributed by atoms with Gasteiger partial charge in [-0.2, -0.15) is 0 Å². The van der Waals surface area contributed by atoms with Crippen LogP contribution in [-0.4, -0.2) is 35.2 Å². The number of halogens is 2. The van der Waals surface area contributed by atoms with E-state index < -0.39 is 30.5 Å². The third-order valence-electron chi connectivity index (χ3n) is 7.19. The number of carbonyl (C=O) groups is 1. The van der Waals surface area contributed by atoms with Gasteiger partial charge in [-0.3, -0.25) is 14.9 Å². The average Bonchev–Trinajstić information content (AvgIpc) is 2.82. The van der Waals surface area contributed by atoms with Gasteiger partial charge >= 0.3 is 5.97 Å². The number of rotatable bonds is 10. The number of hydrogen-bond donors (Lipinski definition) is 1. The summed E-state index contributed by atoms with van der Waals surface area (Å²) in [6.45, 7) is 9.61. The summed E-state index contributed by atoms with van der Waals surface area (Å²) in [5.74, 6) is -1.47. The van der Waals surface area contributed by atoms with Crippen molar-refractivity contribution >= 4 is 42.5 Å². The maximum Gasteiger partial charge on any atom is 0.343 e. The number of ether oxygens (including phenoxy) is 1. The van der Waals surface area contributed by atoms with Gasteiger partial charge < -0.3 is 14.1 Å². The van der Waals surface area contributed by atoms with E-state index in [1.807, 2.05) is 26.9 Å². The van der Waals surface area contributed by atoms with Crippen molar-refractivity contribution in [3.05, 3.63) is 84.4 Å². The number of pyridine rings is 1. The summed E-state index contributed by atoms with van der Waals surface area (Å²) in [6.07, 6.45) is 2.43. The number of carbonyl (C=O) groups excluding carboxylic acids is 1. The first-order chi connectivity index (χ1) is 17.7. The third-order valence-corrected chi connectivity index (χ3v) is 11.0. The Hall–Kier alpha value is -3.08. The molecule has 0 saturated carbocycles. The van der Waals surface area contributed by atoms with Gasteiger partial charge in [0.2, 0.25) is 5.43 Å². The Labute approximate surface area is 226 Å². The summed E-state index contributed by atoms with van der Waals surface area (Å²) in [5, 5.41) is 11.7. The quantitative estimate of drug-likeness (QED) is 0.136. The molecule has 0 saturated heterocycles. The van der Waals surface area contributed by atoms with Crippen LogP contribution in [0.4, 0.5) is 10.1 Å². The normalized spacial score (nSPS) is 12.1. The van der Waals surface area contributed by atoms with Crippen LogP contribution in [0.25, 0.3) is 10.9 Å². The highest BCUT2D eigenvalue weighted by molar-refractivity contribution is 6.72. The second kappa shape index (κ2) is 11.3. The van der Waals surface area contributed by atoms with Gasteiger partial charge in [0, 0.05) is 25.2 Å². The van der Waals surface area contributed by atoms with Crippen LogP contribution >= 0.6 is 11.6 Å². The van der Waals surface area contributed by atoms with Crippen LogP contribution in [0.5, 0.6) is 0 Å². The Bertz CT molecular complexity index is 1450. The molecule has 0 aliphatic heterocycles. The van der Waals surface area contributed by atoms with E-state index in [1.165, 1.54) is 35.0 Å². The van der Waals surface area contributed by atoms with Crippen LogP contribution < -0.4 is 5.43 Å². The van der Waals surface area contributed by atoms with Gasteiger partial charge in [-0.1, -0.05) is 37.6 Å². The van der Waals surface area contributed by atoms with Crippen molar-refractivity contribution in [2.75, 3.05) is 6.61 Å². The highest BCUT2D eigenvalue weighted by Crippen LogP contribution is 2.40. The van der Waals surface area contributed by atoms with Crippen molar-refractivity contribution in [2.45, 2.75) is 64.7 Å². The monoisotopic (exact) mass is 562 g/mol.